The van der Waals surface area contributed by atoms with Crippen LogP contribution < -0.4 is 10.6 Å². The Kier molecular flexibility index (Phi) is 9.40. The Hall–Kier alpha value is -3.02. The highest BCUT2D eigenvalue weighted by atomic mass is 35.5. The second kappa shape index (κ2) is 12.5. The van der Waals surface area contributed by atoms with Gasteiger partial charge in [-0.2, -0.15) is 5.10 Å². The van der Waals surface area contributed by atoms with Crippen LogP contribution in [-0.4, -0.2) is 81.8 Å². The molecular formula is C29H41ClF2N8O. The third kappa shape index (κ3) is 7.07. The Morgan fingerprint density at radius 2 is 1.95 bits per heavy atom. The van der Waals surface area contributed by atoms with Crippen LogP contribution in [0.3, 0.4) is 0 Å². The first-order chi connectivity index (χ1) is 19.3. The van der Waals surface area contributed by atoms with E-state index in [1.165, 1.54) is 0 Å². The van der Waals surface area contributed by atoms with Crippen LogP contribution in [0, 0.1) is 0 Å². The molecule has 1 fully saturated rings. The predicted molar refractivity (Wildman–Crippen MR) is 160 cm³/mol. The number of halogens is 3. The molecule has 3 aromatic rings. The van der Waals surface area contributed by atoms with Gasteiger partial charge in [0.05, 0.1) is 18.1 Å². The van der Waals surface area contributed by atoms with Gasteiger partial charge in [0, 0.05) is 42.6 Å². The molecule has 0 aliphatic carbocycles. The van der Waals surface area contributed by atoms with Gasteiger partial charge in [0.15, 0.2) is 5.82 Å². The minimum absolute atomic E-state index is 0.0928. The Morgan fingerprint density at radius 1 is 1.24 bits per heavy atom. The number of aromatic amines is 1. The summed E-state index contributed by atoms with van der Waals surface area (Å²) >= 11 is 6.50. The summed E-state index contributed by atoms with van der Waals surface area (Å²) in [4.78, 5) is 21.8. The molecule has 0 saturated carbocycles. The molecule has 1 saturated heterocycles. The molecule has 12 heteroatoms. The second-order valence-corrected chi connectivity index (χ2v) is 12.6. The van der Waals surface area contributed by atoms with Crippen LogP contribution in [0.25, 0.3) is 10.9 Å². The molecule has 3 heterocycles. The lowest BCUT2D eigenvalue weighted by molar-refractivity contribution is 0.0812. The minimum atomic E-state index is -2.89. The predicted octanol–water partition coefficient (Wildman–Crippen LogP) is 5.37. The van der Waals surface area contributed by atoms with E-state index in [0.29, 0.717) is 29.8 Å². The lowest BCUT2D eigenvalue weighted by Crippen LogP contribution is -2.59. The summed E-state index contributed by atoms with van der Waals surface area (Å²) in [7, 11) is 4.02. The first-order valence-electron chi connectivity index (χ1n) is 13.9. The van der Waals surface area contributed by atoms with Crippen LogP contribution in [0.2, 0.25) is 5.02 Å². The summed E-state index contributed by atoms with van der Waals surface area (Å²) in [5, 5.41) is 15.0. The lowest BCUT2D eigenvalue weighted by atomic mass is 9.86. The summed E-state index contributed by atoms with van der Waals surface area (Å²) in [5.74, 6) is 0.359. The van der Waals surface area contributed by atoms with Crippen molar-refractivity contribution in [1.82, 2.24) is 34.9 Å². The average Bonchev–Trinajstić information content (AvgIpc) is 3.43. The van der Waals surface area contributed by atoms with Gasteiger partial charge in [0.2, 0.25) is 0 Å². The molecule has 1 aromatic carbocycles. The van der Waals surface area contributed by atoms with E-state index in [9.17, 15) is 13.6 Å². The fraction of sp³-hybridized carbons (Fsp3) is 0.552. The summed E-state index contributed by atoms with van der Waals surface area (Å²) in [6.07, 6.45) is 1.31. The van der Waals surface area contributed by atoms with Crippen molar-refractivity contribution in [1.29, 1.82) is 0 Å². The van der Waals surface area contributed by atoms with Crippen molar-refractivity contribution in [2.45, 2.75) is 65.1 Å². The van der Waals surface area contributed by atoms with E-state index in [0.717, 1.165) is 29.6 Å². The first kappa shape index (κ1) is 30.9. The molecule has 0 radical (unpaired) electrons. The molecule has 0 spiro atoms. The van der Waals surface area contributed by atoms with Crippen LogP contribution in [0.15, 0.2) is 24.3 Å². The molecule has 224 valence electrons. The number of alkyl halides is 2. The molecule has 41 heavy (non-hydrogen) atoms. The van der Waals surface area contributed by atoms with Crippen molar-refractivity contribution in [3.8, 4) is 0 Å². The van der Waals surface area contributed by atoms with E-state index < -0.39 is 18.0 Å². The number of likely N-dealkylation sites (tertiary alicyclic amines) is 1. The zero-order chi connectivity index (χ0) is 30.1. The van der Waals surface area contributed by atoms with E-state index in [1.54, 1.807) is 4.57 Å². The smallest absolute Gasteiger partial charge is 0.282 e. The van der Waals surface area contributed by atoms with Crippen molar-refractivity contribution in [2.75, 3.05) is 45.6 Å². The number of nitrogens with zero attached hydrogens (tertiary/aromatic N) is 5. The fourth-order valence-corrected chi connectivity index (χ4v) is 5.49. The number of fused-ring (bicyclic) bond motifs is 1. The van der Waals surface area contributed by atoms with Gasteiger partial charge in [-0.25, -0.2) is 13.8 Å². The zero-order valence-electron chi connectivity index (χ0n) is 24.9. The number of hydrogen-bond acceptors (Lipinski definition) is 6. The van der Waals surface area contributed by atoms with Gasteiger partial charge in [-0.1, -0.05) is 44.5 Å². The quantitative estimate of drug-likeness (QED) is 0.260. The maximum atomic E-state index is 14.2. The van der Waals surface area contributed by atoms with Crippen molar-refractivity contribution in [2.24, 2.45) is 0 Å². The number of amides is 1. The van der Waals surface area contributed by atoms with Crippen molar-refractivity contribution in [3.63, 3.8) is 0 Å². The number of carbonyl (C=O) groups excluding carboxylic acids is 1. The number of anilines is 1. The van der Waals surface area contributed by atoms with E-state index in [1.807, 2.05) is 40.1 Å². The number of aromatic nitrogens is 4. The highest BCUT2D eigenvalue weighted by Crippen LogP contribution is 2.35. The summed E-state index contributed by atoms with van der Waals surface area (Å²) in [5.41, 5.74) is 0.948. The van der Waals surface area contributed by atoms with Crippen molar-refractivity contribution in [3.05, 3.63) is 52.1 Å². The highest BCUT2D eigenvalue weighted by Gasteiger charge is 2.33. The SMILES string of the molecule is CC(C)n1c(CNc2n[nH]c3cc(Cl)c(C(C)(C)C)cc23)nc(C(F)F)c1C(=O)NC1CN(C/C=C/CN(C)C)C1. The molecule has 1 amide bonds. The Bertz CT molecular complexity index is 1400. The van der Waals surface area contributed by atoms with Crippen LogP contribution in [0.5, 0.6) is 0 Å². The topological polar surface area (TPSA) is 94.1 Å². The van der Waals surface area contributed by atoms with Gasteiger partial charge in [0.1, 0.15) is 17.2 Å². The third-order valence-electron chi connectivity index (χ3n) is 7.11. The molecule has 0 unspecified atom stereocenters. The van der Waals surface area contributed by atoms with E-state index >= 15 is 0 Å². The van der Waals surface area contributed by atoms with E-state index in [4.69, 9.17) is 11.6 Å². The van der Waals surface area contributed by atoms with E-state index in [2.05, 4.69) is 68.5 Å². The number of imidazole rings is 1. The number of H-pyrrole nitrogens is 1. The molecule has 9 nitrogen and oxygen atoms in total. The number of likely N-dealkylation sites (N-methyl/N-ethyl adjacent to an activating group) is 1. The molecule has 4 rings (SSSR count). The molecule has 0 atom stereocenters. The van der Waals surface area contributed by atoms with Gasteiger partial charge in [-0.3, -0.25) is 14.8 Å². The molecule has 0 bridgehead atoms. The number of rotatable bonds is 11. The van der Waals surface area contributed by atoms with Crippen LogP contribution in [0.4, 0.5) is 14.6 Å². The fourth-order valence-electron chi connectivity index (χ4n) is 5.04. The largest absolute Gasteiger partial charge is 0.361 e. The Morgan fingerprint density at radius 3 is 2.56 bits per heavy atom. The lowest BCUT2D eigenvalue weighted by Gasteiger charge is -2.39. The summed E-state index contributed by atoms with van der Waals surface area (Å²) in [6, 6.07) is 3.45. The molecular weight excluding hydrogens is 550 g/mol. The molecule has 3 N–H and O–H groups in total. The minimum Gasteiger partial charge on any atom is -0.361 e. The number of carbonyl (C=O) groups is 1. The summed E-state index contributed by atoms with van der Waals surface area (Å²) < 4.78 is 29.9. The highest BCUT2D eigenvalue weighted by molar-refractivity contribution is 6.32. The van der Waals surface area contributed by atoms with Crippen LogP contribution in [0.1, 0.15) is 74.7 Å². The standard InChI is InChI=1S/C29H41ClF2N8O/c1-17(2)40-23(14-33-27-19-12-20(29(3,4)5)21(30)13-22(19)36-37-27)35-24(26(31)32)25(40)28(41)34-18-15-39(16-18)11-9-8-10-38(6)7/h8-9,12-13,17-18,26H,10-11,14-16H2,1-7H3,(H,34,41)(H2,33,36,37)/b9-8+. The normalized spacial score (nSPS) is 15.1. The number of nitrogens with one attached hydrogen (secondary N) is 3. The van der Waals surface area contributed by atoms with Gasteiger partial charge >= 0.3 is 0 Å². The zero-order valence-corrected chi connectivity index (χ0v) is 25.6. The monoisotopic (exact) mass is 590 g/mol. The maximum absolute atomic E-state index is 14.2. The number of benzene rings is 1. The third-order valence-corrected chi connectivity index (χ3v) is 7.43. The number of hydrogen-bond donors (Lipinski definition) is 3. The van der Waals surface area contributed by atoms with Crippen molar-refractivity contribution < 1.29 is 13.6 Å². The second-order valence-electron chi connectivity index (χ2n) is 12.2. The molecule has 1 aliphatic rings. The van der Waals surface area contributed by atoms with E-state index in [-0.39, 0.29) is 29.7 Å². The van der Waals surface area contributed by atoms with Crippen LogP contribution >= 0.6 is 11.6 Å². The van der Waals surface area contributed by atoms with Crippen molar-refractivity contribution >= 4 is 34.2 Å². The maximum Gasteiger partial charge on any atom is 0.282 e. The van der Waals surface area contributed by atoms with Crippen LogP contribution in [-0.2, 0) is 12.0 Å². The van der Waals surface area contributed by atoms with Gasteiger partial charge < -0.3 is 20.1 Å². The van der Waals surface area contributed by atoms with Gasteiger partial charge in [0.25, 0.3) is 12.3 Å². The van der Waals surface area contributed by atoms with Gasteiger partial charge in [-0.15, -0.1) is 0 Å². The average molecular weight is 591 g/mol. The Labute approximate surface area is 245 Å². The Balaban J connectivity index is 1.51. The molecule has 1 aliphatic heterocycles. The van der Waals surface area contributed by atoms with Gasteiger partial charge in [-0.05, 0) is 51.1 Å². The summed E-state index contributed by atoms with van der Waals surface area (Å²) in [6.45, 7) is 13.0. The first-order valence-corrected chi connectivity index (χ1v) is 14.3. The molecule has 2 aromatic heterocycles.